The maximum absolute atomic E-state index is 13.6. The molecule has 11 atom stereocenters. The molecular formula is C25H31N9O11P2. The Labute approximate surface area is 264 Å². The van der Waals surface area contributed by atoms with Crippen LogP contribution in [0.25, 0.3) is 22.3 Å². The van der Waals surface area contributed by atoms with Crippen molar-refractivity contribution < 1.29 is 46.9 Å². The van der Waals surface area contributed by atoms with Gasteiger partial charge in [-0.2, -0.15) is 0 Å². The minimum atomic E-state index is -4.88. The number of nitrogens with one attached hydrogen (secondary N) is 1. The third-order valence-electron chi connectivity index (χ3n) is 9.87. The van der Waals surface area contributed by atoms with Crippen LogP contribution in [0, 0.1) is 24.2 Å². The summed E-state index contributed by atoms with van der Waals surface area (Å²) in [6, 6.07) is -1.55. The highest BCUT2D eigenvalue weighted by Gasteiger charge is 2.74. The Bertz CT molecular complexity index is 2050. The van der Waals surface area contributed by atoms with E-state index < -0.39 is 81.6 Å². The summed E-state index contributed by atoms with van der Waals surface area (Å²) in [5, 5.41) is 11.5. The fraction of sp³-hybridized carbons (Fsp3) is 0.600. The van der Waals surface area contributed by atoms with Gasteiger partial charge in [0.05, 0.1) is 44.1 Å². The number of nitrogen functional groups attached to an aromatic ring is 1. The monoisotopic (exact) mass is 695 g/mol. The molecule has 1 aliphatic heterocycles. The Morgan fingerprint density at radius 3 is 2.60 bits per heavy atom. The maximum Gasteiger partial charge on any atom is 0.472 e. The van der Waals surface area contributed by atoms with Crippen LogP contribution in [0.4, 0.5) is 5.82 Å². The number of anilines is 1. The molecule has 47 heavy (non-hydrogen) atoms. The van der Waals surface area contributed by atoms with Crippen LogP contribution in [0.1, 0.15) is 30.7 Å². The first-order chi connectivity index (χ1) is 22.3. The third-order valence-corrected chi connectivity index (χ3v) is 11.8. The number of phosphoric acid groups is 2. The molecule has 6 N–H and O–H groups in total. The highest BCUT2D eigenvalue weighted by Crippen LogP contribution is 2.72. The zero-order valence-corrected chi connectivity index (χ0v) is 26.7. The summed E-state index contributed by atoms with van der Waals surface area (Å²) in [7, 11) is -8.38. The lowest BCUT2D eigenvalue weighted by Crippen LogP contribution is -2.38. The van der Waals surface area contributed by atoms with Crippen molar-refractivity contribution in [3.05, 3.63) is 35.2 Å². The molecule has 4 aromatic heterocycles. The van der Waals surface area contributed by atoms with E-state index in [-0.39, 0.29) is 36.4 Å². The predicted octanol–water partition coefficient (Wildman–Crippen LogP) is 0.366. The van der Waals surface area contributed by atoms with Gasteiger partial charge in [0.2, 0.25) is 0 Å². The number of imidazole rings is 2. The largest absolute Gasteiger partial charge is 0.472 e. The van der Waals surface area contributed by atoms with E-state index in [0.29, 0.717) is 17.0 Å². The van der Waals surface area contributed by atoms with Crippen molar-refractivity contribution in [2.45, 2.75) is 56.3 Å². The van der Waals surface area contributed by atoms with E-state index in [9.17, 15) is 28.8 Å². The number of methoxy groups -OCH3 is 1. The lowest BCUT2D eigenvalue weighted by atomic mass is 10.0. The highest BCUT2D eigenvalue weighted by atomic mass is 31.2. The van der Waals surface area contributed by atoms with Crippen molar-refractivity contribution in [3.8, 4) is 0 Å². The molecule has 2 bridgehead atoms. The van der Waals surface area contributed by atoms with Crippen LogP contribution < -0.4 is 11.3 Å². The van der Waals surface area contributed by atoms with Crippen LogP contribution in [0.15, 0.2) is 23.8 Å². The first-order valence-corrected chi connectivity index (χ1v) is 17.7. The van der Waals surface area contributed by atoms with E-state index in [4.69, 9.17) is 28.6 Å². The van der Waals surface area contributed by atoms with Gasteiger partial charge in [-0.3, -0.25) is 22.9 Å². The smallest absolute Gasteiger partial charge is 0.388 e. The summed E-state index contributed by atoms with van der Waals surface area (Å²) < 4.78 is 58.5. The summed E-state index contributed by atoms with van der Waals surface area (Å²) in [5.74, 6) is -0.679. The topological polar surface area (TPSA) is 274 Å². The van der Waals surface area contributed by atoms with E-state index in [1.54, 1.807) is 16.1 Å². The molecule has 0 amide bonds. The van der Waals surface area contributed by atoms with Gasteiger partial charge in [-0.05, 0) is 25.7 Å². The molecule has 3 aliphatic carbocycles. The Morgan fingerprint density at radius 2 is 1.81 bits per heavy atom. The van der Waals surface area contributed by atoms with Crippen LogP contribution in [-0.4, -0.2) is 98.7 Å². The van der Waals surface area contributed by atoms with Gasteiger partial charge in [-0.25, -0.2) is 34.0 Å². The molecule has 4 fully saturated rings. The molecule has 20 nitrogen and oxygen atoms in total. The molecule has 4 aromatic rings. The van der Waals surface area contributed by atoms with Crippen molar-refractivity contribution in [2.75, 3.05) is 26.1 Å². The van der Waals surface area contributed by atoms with Gasteiger partial charge in [0.1, 0.15) is 36.0 Å². The fourth-order valence-electron chi connectivity index (χ4n) is 7.74. The van der Waals surface area contributed by atoms with Gasteiger partial charge in [0.15, 0.2) is 22.6 Å². The van der Waals surface area contributed by atoms with Gasteiger partial charge >= 0.3 is 15.6 Å². The van der Waals surface area contributed by atoms with E-state index in [1.165, 1.54) is 26.1 Å². The lowest BCUT2D eigenvalue weighted by Gasteiger charge is -2.30. The maximum atomic E-state index is 13.6. The SMILES string of the molecule is CO[C@@H]1[C@H]2COP(=O)(O)O[C@H]3[C@@H](O)[C@H](n4cnc5c(N)ncnc54)[C@H]4C[C@]43COP(=O)(O)O[C@H]1[C@H](n1cnc3c(=O)[nH]c(C)nc31)C2. The second kappa shape index (κ2) is 10.7. The van der Waals surface area contributed by atoms with Gasteiger partial charge in [0, 0.05) is 18.4 Å². The van der Waals surface area contributed by atoms with E-state index in [0.717, 1.165) is 0 Å². The number of rotatable bonds is 3. The molecule has 4 aliphatic rings. The Hall–Kier alpha value is -3.16. The first kappa shape index (κ1) is 31.1. The molecule has 1 spiro atoms. The fourth-order valence-corrected chi connectivity index (χ4v) is 9.84. The number of nitrogens with two attached hydrogens (primary N) is 1. The quantitative estimate of drug-likeness (QED) is 0.181. The minimum Gasteiger partial charge on any atom is -0.388 e. The van der Waals surface area contributed by atoms with Crippen LogP contribution in [-0.2, 0) is 32.0 Å². The zero-order chi connectivity index (χ0) is 33.0. The van der Waals surface area contributed by atoms with Gasteiger partial charge in [0.25, 0.3) is 5.56 Å². The number of aliphatic hydroxyl groups is 1. The summed E-state index contributed by atoms with van der Waals surface area (Å²) in [4.78, 5) is 58.2. The highest BCUT2D eigenvalue weighted by molar-refractivity contribution is 7.47. The number of aryl methyl sites for hydroxylation is 1. The van der Waals surface area contributed by atoms with E-state index >= 15 is 0 Å². The summed E-state index contributed by atoms with van der Waals surface area (Å²) in [5.41, 5.74) is 5.19. The molecule has 252 valence electrons. The Morgan fingerprint density at radius 1 is 1.06 bits per heavy atom. The van der Waals surface area contributed by atoms with Gasteiger partial charge < -0.3 is 39.5 Å². The number of hydrogen-bond acceptors (Lipinski definition) is 15. The third kappa shape index (κ3) is 4.89. The van der Waals surface area contributed by atoms with Gasteiger partial charge in [-0.1, -0.05) is 0 Å². The predicted molar refractivity (Wildman–Crippen MR) is 157 cm³/mol. The normalized spacial score (nSPS) is 40.4. The number of aliphatic hydroxyl groups excluding tert-OH is 1. The number of nitrogens with zero attached hydrogens (tertiary/aromatic N) is 7. The van der Waals surface area contributed by atoms with Crippen LogP contribution >= 0.6 is 15.6 Å². The molecular weight excluding hydrogens is 664 g/mol. The number of hydrogen-bond donors (Lipinski definition) is 5. The molecule has 0 aromatic carbocycles. The van der Waals surface area contributed by atoms with Crippen molar-refractivity contribution in [2.24, 2.45) is 17.3 Å². The Kier molecular flexibility index (Phi) is 7.07. The molecule has 3 saturated carbocycles. The second-order valence-electron chi connectivity index (χ2n) is 12.4. The number of aromatic amines is 1. The molecule has 22 heteroatoms. The summed E-state index contributed by atoms with van der Waals surface area (Å²) in [6.45, 7) is 0.739. The van der Waals surface area contributed by atoms with Crippen LogP contribution in [0.2, 0.25) is 0 Å². The standard InChI is InChI=1S/C25H31N9O11P2/c1-10-31-23-15(24(36)32-10)30-8-33(23)13-3-11-5-42-46(37,38)45-20-17(35)16(34-9-29-14-21(26)27-7-28-22(14)34)12-4-25(12,20)6-43-47(39,40)44-19(13)18(11)41-2/h7-9,11-13,16-20,35H,3-6H2,1-2H3,(H,37,38)(H,39,40)(H2,26,27,28)(H,31,32,36)/t11-,12-,13-,16-,17+,18-,19+,20+,25+/m1/s1. The van der Waals surface area contributed by atoms with Crippen molar-refractivity contribution in [1.29, 1.82) is 0 Å². The number of ether oxygens (including phenoxy) is 1. The molecule has 2 unspecified atom stereocenters. The molecule has 5 heterocycles. The van der Waals surface area contributed by atoms with Crippen LogP contribution in [0.5, 0.6) is 0 Å². The van der Waals surface area contributed by atoms with E-state index in [2.05, 4.69) is 29.9 Å². The zero-order valence-electron chi connectivity index (χ0n) is 24.9. The van der Waals surface area contributed by atoms with Crippen molar-refractivity contribution in [3.63, 3.8) is 0 Å². The Balaban J connectivity index is 1.15. The van der Waals surface area contributed by atoms with Crippen molar-refractivity contribution >= 4 is 43.8 Å². The average Bonchev–Trinajstić information content (AvgIpc) is 3.30. The summed E-state index contributed by atoms with van der Waals surface area (Å²) >= 11 is 0. The number of H-pyrrole nitrogens is 1. The molecule has 1 saturated heterocycles. The number of phosphoric ester groups is 2. The number of aromatic nitrogens is 8. The van der Waals surface area contributed by atoms with E-state index in [1.807, 2.05) is 0 Å². The minimum absolute atomic E-state index is 0.0493. The number of fused-ring (bicyclic) bond motifs is 4. The molecule has 8 rings (SSSR count). The van der Waals surface area contributed by atoms with Gasteiger partial charge in [-0.15, -0.1) is 0 Å². The first-order valence-electron chi connectivity index (χ1n) is 14.7. The lowest BCUT2D eigenvalue weighted by molar-refractivity contribution is -0.0350. The second-order valence-corrected chi connectivity index (χ2v) is 15.3. The summed E-state index contributed by atoms with van der Waals surface area (Å²) in [6.07, 6.45) is -0.386. The van der Waals surface area contributed by atoms with Crippen molar-refractivity contribution in [1.82, 2.24) is 39.0 Å². The molecule has 0 radical (unpaired) electrons. The average molecular weight is 696 g/mol. The van der Waals surface area contributed by atoms with Crippen LogP contribution in [0.3, 0.4) is 0 Å².